The summed E-state index contributed by atoms with van der Waals surface area (Å²) in [6.07, 6.45) is 5.81. The predicted octanol–water partition coefficient (Wildman–Crippen LogP) is 3.95. The third-order valence-electron chi connectivity index (χ3n) is 5.04. The van der Waals surface area contributed by atoms with E-state index in [9.17, 15) is 4.79 Å². The molecule has 3 heterocycles. The van der Waals surface area contributed by atoms with E-state index in [4.69, 9.17) is 9.15 Å². The molecule has 1 fully saturated rings. The Morgan fingerprint density at radius 2 is 2.14 bits per heavy atom. The Morgan fingerprint density at radius 1 is 1.25 bits per heavy atom. The Kier molecular flexibility index (Phi) is 5.10. The van der Waals surface area contributed by atoms with E-state index in [0.717, 1.165) is 35.6 Å². The van der Waals surface area contributed by atoms with Crippen molar-refractivity contribution < 1.29 is 13.9 Å². The molecule has 28 heavy (non-hydrogen) atoms. The molecular weight excluding hydrogens is 354 g/mol. The van der Waals surface area contributed by atoms with Crippen LogP contribution in [-0.2, 0) is 6.42 Å². The van der Waals surface area contributed by atoms with E-state index in [2.05, 4.69) is 9.97 Å². The van der Waals surface area contributed by atoms with Crippen LogP contribution in [0.5, 0.6) is 5.75 Å². The fourth-order valence-electron chi connectivity index (χ4n) is 3.57. The van der Waals surface area contributed by atoms with E-state index in [1.807, 2.05) is 48.2 Å². The van der Waals surface area contributed by atoms with Crippen LogP contribution in [0.25, 0.3) is 0 Å². The van der Waals surface area contributed by atoms with Crippen molar-refractivity contribution in [3.05, 3.63) is 77.3 Å². The van der Waals surface area contributed by atoms with Crippen LogP contribution in [0.1, 0.15) is 52.1 Å². The molecule has 0 spiro atoms. The van der Waals surface area contributed by atoms with Crippen LogP contribution in [0.2, 0.25) is 0 Å². The molecule has 3 aromatic rings. The molecule has 1 amide bonds. The lowest BCUT2D eigenvalue weighted by Crippen LogP contribution is -2.30. The van der Waals surface area contributed by atoms with Gasteiger partial charge in [-0.1, -0.05) is 12.1 Å². The number of oxazole rings is 1. The van der Waals surface area contributed by atoms with Gasteiger partial charge >= 0.3 is 0 Å². The summed E-state index contributed by atoms with van der Waals surface area (Å²) in [4.78, 5) is 23.5. The number of ether oxygens (including phenoxy) is 1. The Bertz CT molecular complexity index is 965. The number of rotatable bonds is 5. The molecule has 1 saturated heterocycles. The fraction of sp³-hybridized carbons (Fsp3) is 0.318. The number of aryl methyl sites for hydroxylation is 1. The van der Waals surface area contributed by atoms with E-state index in [1.165, 1.54) is 0 Å². The van der Waals surface area contributed by atoms with Crippen molar-refractivity contribution in [2.24, 2.45) is 0 Å². The SMILES string of the molecule is COc1cccc(Cc2cnc([C@H]3CCCN3C(=O)c3ccc(C)nc3)o2)c1. The highest BCUT2D eigenvalue weighted by atomic mass is 16.5. The van der Waals surface area contributed by atoms with Crippen LogP contribution in [0.4, 0.5) is 0 Å². The molecular formula is C22H23N3O3. The molecule has 6 nitrogen and oxygen atoms in total. The first-order valence-corrected chi connectivity index (χ1v) is 9.45. The van der Waals surface area contributed by atoms with Crippen LogP contribution in [0.15, 0.2) is 53.2 Å². The van der Waals surface area contributed by atoms with Crippen molar-refractivity contribution in [3.63, 3.8) is 0 Å². The zero-order valence-corrected chi connectivity index (χ0v) is 16.1. The number of likely N-dealkylation sites (tertiary alicyclic amines) is 1. The summed E-state index contributed by atoms with van der Waals surface area (Å²) in [6.45, 7) is 2.61. The second kappa shape index (κ2) is 7.84. The van der Waals surface area contributed by atoms with Crippen LogP contribution in [0, 0.1) is 6.92 Å². The first kappa shape index (κ1) is 18.2. The number of hydrogen-bond acceptors (Lipinski definition) is 5. The Balaban J connectivity index is 1.50. The van der Waals surface area contributed by atoms with E-state index in [-0.39, 0.29) is 11.9 Å². The summed E-state index contributed by atoms with van der Waals surface area (Å²) in [6, 6.07) is 11.4. The molecule has 1 aliphatic heterocycles. The van der Waals surface area contributed by atoms with Crippen molar-refractivity contribution in [1.82, 2.24) is 14.9 Å². The lowest BCUT2D eigenvalue weighted by atomic mass is 10.1. The van der Waals surface area contributed by atoms with Crippen molar-refractivity contribution >= 4 is 5.91 Å². The zero-order chi connectivity index (χ0) is 19.5. The molecule has 6 heteroatoms. The number of carbonyl (C=O) groups excluding carboxylic acids is 1. The number of benzene rings is 1. The Hall–Kier alpha value is -3.15. The molecule has 2 aromatic heterocycles. The van der Waals surface area contributed by atoms with Crippen LogP contribution < -0.4 is 4.74 Å². The number of hydrogen-bond donors (Lipinski definition) is 0. The first-order chi connectivity index (χ1) is 13.6. The second-order valence-corrected chi connectivity index (χ2v) is 7.04. The molecule has 0 aliphatic carbocycles. The molecule has 1 aromatic carbocycles. The van der Waals surface area contributed by atoms with Gasteiger partial charge in [-0.15, -0.1) is 0 Å². The lowest BCUT2D eigenvalue weighted by molar-refractivity contribution is 0.0714. The van der Waals surface area contributed by atoms with Crippen LogP contribution in [-0.4, -0.2) is 34.4 Å². The zero-order valence-electron chi connectivity index (χ0n) is 16.1. The standard InChI is InChI=1S/C22H23N3O3/c1-15-8-9-17(13-23-15)22(26)25-10-4-7-20(25)21-24-14-19(28-21)12-16-5-3-6-18(11-16)27-2/h3,5-6,8-9,11,13-14,20H,4,7,10,12H2,1-2H3/t20-/m1/s1. The van der Waals surface area contributed by atoms with Gasteiger partial charge in [-0.05, 0) is 49.6 Å². The largest absolute Gasteiger partial charge is 0.497 e. The van der Waals surface area contributed by atoms with E-state index < -0.39 is 0 Å². The molecule has 0 unspecified atom stereocenters. The van der Waals surface area contributed by atoms with Gasteiger partial charge in [0.2, 0.25) is 5.89 Å². The number of pyridine rings is 1. The van der Waals surface area contributed by atoms with Crippen LogP contribution in [0.3, 0.4) is 0 Å². The van der Waals surface area contributed by atoms with Gasteiger partial charge in [0, 0.05) is 24.9 Å². The van der Waals surface area contributed by atoms with Crippen molar-refractivity contribution in [2.75, 3.05) is 13.7 Å². The minimum atomic E-state index is -0.132. The third-order valence-corrected chi connectivity index (χ3v) is 5.04. The smallest absolute Gasteiger partial charge is 0.256 e. The summed E-state index contributed by atoms with van der Waals surface area (Å²) in [5.41, 5.74) is 2.58. The summed E-state index contributed by atoms with van der Waals surface area (Å²) in [5, 5.41) is 0. The summed E-state index contributed by atoms with van der Waals surface area (Å²) in [7, 11) is 1.65. The van der Waals surface area contributed by atoms with Gasteiger partial charge in [-0.3, -0.25) is 9.78 Å². The first-order valence-electron chi connectivity index (χ1n) is 9.45. The van der Waals surface area contributed by atoms with E-state index in [1.54, 1.807) is 19.5 Å². The lowest BCUT2D eigenvalue weighted by Gasteiger charge is -2.22. The monoisotopic (exact) mass is 377 g/mol. The van der Waals surface area contributed by atoms with Gasteiger partial charge in [0.05, 0.1) is 18.9 Å². The van der Waals surface area contributed by atoms with Crippen LogP contribution >= 0.6 is 0 Å². The molecule has 1 aliphatic rings. The maximum Gasteiger partial charge on any atom is 0.256 e. The van der Waals surface area contributed by atoms with E-state index in [0.29, 0.717) is 24.4 Å². The van der Waals surface area contributed by atoms with Gasteiger partial charge < -0.3 is 14.1 Å². The molecule has 144 valence electrons. The van der Waals surface area contributed by atoms with Crippen molar-refractivity contribution in [2.45, 2.75) is 32.2 Å². The quantitative estimate of drug-likeness (QED) is 0.673. The number of methoxy groups -OCH3 is 1. The number of amides is 1. The highest BCUT2D eigenvalue weighted by Gasteiger charge is 2.34. The summed E-state index contributed by atoms with van der Waals surface area (Å²) in [5.74, 6) is 2.17. The molecule has 0 radical (unpaired) electrons. The third kappa shape index (κ3) is 3.76. The number of carbonyl (C=O) groups is 1. The Morgan fingerprint density at radius 3 is 2.93 bits per heavy atom. The number of aromatic nitrogens is 2. The number of nitrogens with zero attached hydrogens (tertiary/aromatic N) is 3. The van der Waals surface area contributed by atoms with Gasteiger partial charge in [-0.2, -0.15) is 0 Å². The Labute approximate surface area is 164 Å². The normalized spacial score (nSPS) is 16.4. The highest BCUT2D eigenvalue weighted by molar-refractivity contribution is 5.94. The summed E-state index contributed by atoms with van der Waals surface area (Å²) < 4.78 is 11.3. The minimum Gasteiger partial charge on any atom is -0.497 e. The van der Waals surface area contributed by atoms with Gasteiger partial charge in [0.25, 0.3) is 5.91 Å². The van der Waals surface area contributed by atoms with Gasteiger partial charge in [0.15, 0.2) is 0 Å². The van der Waals surface area contributed by atoms with E-state index >= 15 is 0 Å². The summed E-state index contributed by atoms with van der Waals surface area (Å²) >= 11 is 0. The molecule has 4 rings (SSSR count). The molecule has 0 saturated carbocycles. The van der Waals surface area contributed by atoms with Gasteiger partial charge in [-0.25, -0.2) is 4.98 Å². The predicted molar refractivity (Wildman–Crippen MR) is 104 cm³/mol. The molecule has 0 bridgehead atoms. The van der Waals surface area contributed by atoms with Gasteiger partial charge in [0.1, 0.15) is 17.6 Å². The topological polar surface area (TPSA) is 68.5 Å². The molecule has 1 atom stereocenters. The average Bonchev–Trinajstić information content (AvgIpc) is 3.37. The highest BCUT2D eigenvalue weighted by Crippen LogP contribution is 2.33. The molecule has 0 N–H and O–H groups in total. The van der Waals surface area contributed by atoms with Crippen molar-refractivity contribution in [3.8, 4) is 5.75 Å². The van der Waals surface area contributed by atoms with Crippen molar-refractivity contribution in [1.29, 1.82) is 0 Å². The maximum atomic E-state index is 12.9. The maximum absolute atomic E-state index is 12.9. The second-order valence-electron chi connectivity index (χ2n) is 7.04. The fourth-order valence-corrected chi connectivity index (χ4v) is 3.57. The average molecular weight is 377 g/mol. The minimum absolute atomic E-state index is 0.0254.